The molecule has 2 saturated heterocycles. The summed E-state index contributed by atoms with van der Waals surface area (Å²) in [7, 11) is 0. The van der Waals surface area contributed by atoms with E-state index in [0.717, 1.165) is 20.8 Å². The van der Waals surface area contributed by atoms with E-state index in [1.165, 1.54) is 6.92 Å². The molecule has 2 rings (SSSR count). The van der Waals surface area contributed by atoms with Crippen molar-refractivity contribution >= 4 is 23.9 Å². The number of hydrogen-bond acceptors (Lipinski definition) is 13. The molecule has 15 nitrogen and oxygen atoms in total. The van der Waals surface area contributed by atoms with Gasteiger partial charge in [0, 0.05) is 39.0 Å². The monoisotopic (exact) mass is 489 g/mol. The van der Waals surface area contributed by atoms with Crippen LogP contribution in [0.1, 0.15) is 34.1 Å². The van der Waals surface area contributed by atoms with E-state index in [1.807, 2.05) is 0 Å². The van der Waals surface area contributed by atoms with Crippen molar-refractivity contribution in [3.63, 3.8) is 0 Å². The minimum Gasteiger partial charge on any atom is -0.463 e. The number of ether oxygens (including phenoxy) is 7. The Morgan fingerprint density at radius 2 is 1.53 bits per heavy atom. The minimum atomic E-state index is -1.59. The third-order valence-electron chi connectivity index (χ3n) is 4.78. The highest BCUT2D eigenvalue weighted by atomic mass is 16.7. The van der Waals surface area contributed by atoms with Gasteiger partial charge in [0.25, 0.3) is 0 Å². The molecule has 2 aliphatic rings. The second-order valence-electron chi connectivity index (χ2n) is 7.52. The number of esters is 4. The van der Waals surface area contributed by atoms with Crippen LogP contribution in [-0.2, 0) is 52.3 Å². The molecule has 190 valence electrons. The van der Waals surface area contributed by atoms with Crippen LogP contribution in [0, 0.1) is 0 Å². The van der Waals surface area contributed by atoms with Crippen LogP contribution in [-0.4, -0.2) is 91.3 Å². The van der Waals surface area contributed by atoms with Crippen molar-refractivity contribution < 1.29 is 57.4 Å². The molecule has 8 atom stereocenters. The van der Waals surface area contributed by atoms with Gasteiger partial charge in [-0.2, -0.15) is 0 Å². The van der Waals surface area contributed by atoms with E-state index >= 15 is 0 Å². The molecule has 1 unspecified atom stereocenters. The topological polar surface area (TPSA) is 202 Å². The molecule has 0 aliphatic carbocycles. The molecule has 2 heterocycles. The standard InChI is InChI=1S/C19H27N3O12/c1-8(23)28-7-14-17(18(19(27)33-14)31-11(4)26)34-15-5-12(29-9(2)24)16(30-10(3)25)13(32-15)6-21-22-20/h12-19,27H,5-7H2,1-4H3/t12-,13+,14-,15-,16+,17-,18-,19?/m1/s1. The summed E-state index contributed by atoms with van der Waals surface area (Å²) in [5.74, 6) is -2.70. The molecule has 0 bridgehead atoms. The van der Waals surface area contributed by atoms with Crippen LogP contribution in [0.4, 0.5) is 0 Å². The molecule has 0 aromatic rings. The van der Waals surface area contributed by atoms with E-state index in [9.17, 15) is 24.3 Å². The van der Waals surface area contributed by atoms with Gasteiger partial charge in [-0.25, -0.2) is 0 Å². The van der Waals surface area contributed by atoms with Gasteiger partial charge in [-0.1, -0.05) is 5.11 Å². The smallest absolute Gasteiger partial charge is 0.303 e. The fraction of sp³-hybridized carbons (Fsp3) is 0.789. The molecular weight excluding hydrogens is 462 g/mol. The molecule has 0 aromatic heterocycles. The van der Waals surface area contributed by atoms with Crippen LogP contribution in [0.3, 0.4) is 0 Å². The number of aliphatic hydroxyl groups excluding tert-OH is 1. The fourth-order valence-electron chi connectivity index (χ4n) is 3.61. The van der Waals surface area contributed by atoms with Crippen molar-refractivity contribution in [3.05, 3.63) is 10.4 Å². The largest absolute Gasteiger partial charge is 0.463 e. The summed E-state index contributed by atoms with van der Waals surface area (Å²) in [5.41, 5.74) is 8.70. The Labute approximate surface area is 194 Å². The van der Waals surface area contributed by atoms with Crippen LogP contribution in [0.25, 0.3) is 10.4 Å². The van der Waals surface area contributed by atoms with Gasteiger partial charge >= 0.3 is 23.9 Å². The first-order valence-electron chi connectivity index (χ1n) is 10.3. The minimum absolute atomic E-state index is 0.135. The number of hydrogen-bond donors (Lipinski definition) is 1. The van der Waals surface area contributed by atoms with Gasteiger partial charge in [0.15, 0.2) is 24.8 Å². The molecule has 0 radical (unpaired) electrons. The van der Waals surface area contributed by atoms with Crippen molar-refractivity contribution in [2.45, 2.75) is 83.3 Å². The van der Waals surface area contributed by atoms with Crippen LogP contribution in [0.5, 0.6) is 0 Å². The number of carbonyl (C=O) groups is 4. The molecular formula is C19H27N3O12. The molecule has 34 heavy (non-hydrogen) atoms. The summed E-state index contributed by atoms with van der Waals surface area (Å²) in [6.45, 7) is 3.99. The highest BCUT2D eigenvalue weighted by molar-refractivity contribution is 5.67. The Bertz CT molecular complexity index is 802. The Hall–Kier alpha value is -2.97. The second-order valence-corrected chi connectivity index (χ2v) is 7.52. The zero-order valence-electron chi connectivity index (χ0n) is 19.0. The zero-order valence-corrected chi connectivity index (χ0v) is 19.0. The summed E-state index contributed by atoms with van der Waals surface area (Å²) in [5, 5.41) is 13.7. The molecule has 2 fully saturated rings. The molecule has 0 amide bonds. The number of aliphatic hydroxyl groups is 1. The summed E-state index contributed by atoms with van der Waals surface area (Å²) in [6.07, 6.45) is -9.59. The van der Waals surface area contributed by atoms with E-state index in [1.54, 1.807) is 0 Å². The molecule has 2 aliphatic heterocycles. The van der Waals surface area contributed by atoms with E-state index in [2.05, 4.69) is 10.0 Å². The maximum atomic E-state index is 11.6. The SMILES string of the molecule is CC(=O)OC[C@H]1OC(O)[C@H](OC(C)=O)[C@@H]1O[C@@H]1C[C@@H](OC(C)=O)[C@H](OC(C)=O)[C@H](CN=[N+]=[N-])O1. The molecule has 0 spiro atoms. The Morgan fingerprint density at radius 3 is 2.09 bits per heavy atom. The number of carbonyl (C=O) groups excluding carboxylic acids is 4. The predicted octanol–water partition coefficient (Wildman–Crippen LogP) is -0.128. The summed E-state index contributed by atoms with van der Waals surface area (Å²) < 4.78 is 37.6. The average molecular weight is 489 g/mol. The third-order valence-corrected chi connectivity index (χ3v) is 4.78. The van der Waals surface area contributed by atoms with Gasteiger partial charge in [0.05, 0.1) is 6.54 Å². The Morgan fingerprint density at radius 1 is 0.912 bits per heavy atom. The zero-order chi connectivity index (χ0) is 25.4. The van der Waals surface area contributed by atoms with Crippen molar-refractivity contribution in [2.75, 3.05) is 13.2 Å². The highest BCUT2D eigenvalue weighted by Gasteiger charge is 2.51. The van der Waals surface area contributed by atoms with Crippen LogP contribution >= 0.6 is 0 Å². The first kappa shape index (κ1) is 27.3. The lowest BCUT2D eigenvalue weighted by Crippen LogP contribution is -2.55. The third kappa shape index (κ3) is 7.81. The summed E-state index contributed by atoms with van der Waals surface area (Å²) in [4.78, 5) is 48.7. The number of rotatable bonds is 9. The Balaban J connectivity index is 2.29. The predicted molar refractivity (Wildman–Crippen MR) is 106 cm³/mol. The fourth-order valence-corrected chi connectivity index (χ4v) is 3.61. The van der Waals surface area contributed by atoms with Gasteiger partial charge in [-0.05, 0) is 5.53 Å². The summed E-state index contributed by atoms with van der Waals surface area (Å²) in [6, 6.07) is 0. The van der Waals surface area contributed by atoms with Gasteiger partial charge in [-0.15, -0.1) is 0 Å². The van der Waals surface area contributed by atoms with Crippen LogP contribution in [0.2, 0.25) is 0 Å². The van der Waals surface area contributed by atoms with E-state index in [4.69, 9.17) is 38.7 Å². The summed E-state index contributed by atoms with van der Waals surface area (Å²) >= 11 is 0. The lowest BCUT2D eigenvalue weighted by Gasteiger charge is -2.41. The van der Waals surface area contributed by atoms with Crippen LogP contribution < -0.4 is 0 Å². The lowest BCUT2D eigenvalue weighted by atomic mass is 10.0. The number of nitrogens with zero attached hydrogens (tertiary/aromatic N) is 3. The second kappa shape index (κ2) is 12.5. The average Bonchev–Trinajstić information content (AvgIpc) is 3.00. The van der Waals surface area contributed by atoms with Gasteiger partial charge < -0.3 is 38.3 Å². The molecule has 0 saturated carbocycles. The molecule has 15 heteroatoms. The first-order chi connectivity index (χ1) is 16.0. The van der Waals surface area contributed by atoms with Gasteiger partial charge in [-0.3, -0.25) is 19.2 Å². The van der Waals surface area contributed by atoms with Crippen molar-refractivity contribution in [1.82, 2.24) is 0 Å². The lowest BCUT2D eigenvalue weighted by molar-refractivity contribution is -0.278. The molecule has 0 aromatic carbocycles. The Kier molecular flexibility index (Phi) is 10.0. The normalized spacial score (nSPS) is 32.7. The number of azide groups is 1. The first-order valence-corrected chi connectivity index (χ1v) is 10.3. The van der Waals surface area contributed by atoms with Gasteiger partial charge in [0.1, 0.15) is 31.0 Å². The quantitative estimate of drug-likeness (QED) is 0.148. The van der Waals surface area contributed by atoms with Crippen molar-refractivity contribution in [2.24, 2.45) is 5.11 Å². The van der Waals surface area contributed by atoms with Crippen molar-refractivity contribution in [3.8, 4) is 0 Å². The van der Waals surface area contributed by atoms with Crippen LogP contribution in [0.15, 0.2) is 5.11 Å². The van der Waals surface area contributed by atoms with E-state index in [0.29, 0.717) is 0 Å². The van der Waals surface area contributed by atoms with Gasteiger partial charge in [0.2, 0.25) is 0 Å². The van der Waals surface area contributed by atoms with E-state index < -0.39 is 73.1 Å². The maximum Gasteiger partial charge on any atom is 0.303 e. The van der Waals surface area contributed by atoms with Crippen molar-refractivity contribution in [1.29, 1.82) is 0 Å². The molecule has 1 N–H and O–H groups in total. The maximum absolute atomic E-state index is 11.6. The highest BCUT2D eigenvalue weighted by Crippen LogP contribution is 2.32. The van der Waals surface area contributed by atoms with E-state index in [-0.39, 0.29) is 19.6 Å².